The van der Waals surface area contributed by atoms with Crippen LogP contribution < -0.4 is 5.32 Å². The van der Waals surface area contributed by atoms with Gasteiger partial charge in [0.1, 0.15) is 0 Å². The highest BCUT2D eigenvalue weighted by Crippen LogP contribution is 2.28. The monoisotopic (exact) mass is 287 g/mol. The highest BCUT2D eigenvalue weighted by atomic mass is 35.5. The van der Waals surface area contributed by atoms with Crippen LogP contribution in [-0.4, -0.2) is 19.8 Å². The first-order valence-corrected chi connectivity index (χ1v) is 7.23. The van der Waals surface area contributed by atoms with Crippen LogP contribution in [0.3, 0.4) is 0 Å². The zero-order chi connectivity index (χ0) is 12.8. The summed E-state index contributed by atoms with van der Waals surface area (Å²) in [6.45, 7) is 3.59. The Labute approximate surface area is 119 Å². The summed E-state index contributed by atoms with van der Waals surface area (Å²) >= 11 is 11.8. The highest BCUT2D eigenvalue weighted by molar-refractivity contribution is 6.42. The Bertz CT molecular complexity index is 380. The molecule has 0 spiro atoms. The molecule has 4 heteroatoms. The fourth-order valence-corrected chi connectivity index (χ4v) is 2.04. The lowest BCUT2D eigenvalue weighted by molar-refractivity contribution is 0.122. The summed E-state index contributed by atoms with van der Waals surface area (Å²) in [7, 11) is 0. The summed E-state index contributed by atoms with van der Waals surface area (Å²) in [4.78, 5) is 0. The van der Waals surface area contributed by atoms with Crippen molar-refractivity contribution < 1.29 is 4.74 Å². The Morgan fingerprint density at radius 1 is 1.22 bits per heavy atom. The summed E-state index contributed by atoms with van der Waals surface area (Å²) in [6.07, 6.45) is 3.76. The van der Waals surface area contributed by atoms with Crippen molar-refractivity contribution in [1.29, 1.82) is 0 Å². The normalized spacial score (nSPS) is 15.0. The maximum absolute atomic E-state index is 5.95. The molecule has 1 N–H and O–H groups in total. The van der Waals surface area contributed by atoms with E-state index < -0.39 is 0 Å². The van der Waals surface area contributed by atoms with Crippen LogP contribution in [0.4, 0.5) is 0 Å². The summed E-state index contributed by atoms with van der Waals surface area (Å²) in [5.74, 6) is 0.856. The van der Waals surface area contributed by atoms with Crippen molar-refractivity contribution in [2.24, 2.45) is 5.92 Å². The Hall–Kier alpha value is -0.280. The molecular formula is C14H19Cl2NO. The number of rotatable bonds is 8. The van der Waals surface area contributed by atoms with Gasteiger partial charge in [-0.3, -0.25) is 0 Å². The molecule has 1 saturated carbocycles. The molecule has 1 aliphatic rings. The number of nitrogens with one attached hydrogen (secondary N) is 1. The van der Waals surface area contributed by atoms with Gasteiger partial charge < -0.3 is 10.1 Å². The smallest absolute Gasteiger partial charge is 0.0595 e. The molecule has 1 aromatic rings. The Morgan fingerprint density at radius 3 is 2.78 bits per heavy atom. The molecule has 0 aromatic heterocycles. The lowest BCUT2D eigenvalue weighted by Crippen LogP contribution is -2.16. The molecule has 18 heavy (non-hydrogen) atoms. The zero-order valence-electron chi connectivity index (χ0n) is 10.4. The Balaban J connectivity index is 1.52. The van der Waals surface area contributed by atoms with Gasteiger partial charge in [0, 0.05) is 19.8 Å². The Kier molecular flexibility index (Phi) is 5.77. The van der Waals surface area contributed by atoms with Crippen LogP contribution in [0.5, 0.6) is 0 Å². The zero-order valence-corrected chi connectivity index (χ0v) is 11.9. The molecule has 0 bridgehead atoms. The molecule has 0 atom stereocenters. The van der Waals surface area contributed by atoms with Gasteiger partial charge in [-0.15, -0.1) is 0 Å². The van der Waals surface area contributed by atoms with E-state index in [1.165, 1.54) is 12.8 Å². The van der Waals surface area contributed by atoms with Crippen LogP contribution >= 0.6 is 23.2 Å². The fourth-order valence-electron chi connectivity index (χ4n) is 1.72. The van der Waals surface area contributed by atoms with E-state index in [4.69, 9.17) is 27.9 Å². The minimum atomic E-state index is 0.605. The third-order valence-electron chi connectivity index (χ3n) is 3.01. The highest BCUT2D eigenvalue weighted by Gasteiger charge is 2.20. The van der Waals surface area contributed by atoms with Crippen molar-refractivity contribution in [2.75, 3.05) is 19.8 Å². The quantitative estimate of drug-likeness (QED) is 0.732. The minimum Gasteiger partial charge on any atom is -0.381 e. The standard InChI is InChI=1S/C14H19Cl2NO/c15-13-5-4-12(8-14(13)16)9-17-6-1-7-18-10-11-2-3-11/h4-5,8,11,17H,1-3,6-7,9-10H2. The molecule has 0 aliphatic heterocycles. The largest absolute Gasteiger partial charge is 0.381 e. The molecule has 2 nitrogen and oxygen atoms in total. The van der Waals surface area contributed by atoms with Gasteiger partial charge in [0.05, 0.1) is 10.0 Å². The second kappa shape index (κ2) is 7.34. The van der Waals surface area contributed by atoms with Gasteiger partial charge in [-0.1, -0.05) is 29.3 Å². The summed E-state index contributed by atoms with van der Waals surface area (Å²) in [5, 5.41) is 4.59. The number of hydrogen-bond donors (Lipinski definition) is 1. The first-order valence-electron chi connectivity index (χ1n) is 6.48. The van der Waals surface area contributed by atoms with E-state index in [0.717, 1.165) is 44.2 Å². The number of ether oxygens (including phenoxy) is 1. The van der Waals surface area contributed by atoms with Gasteiger partial charge in [0.25, 0.3) is 0 Å². The maximum atomic E-state index is 5.95. The summed E-state index contributed by atoms with van der Waals surface area (Å²) in [6, 6.07) is 5.73. The number of benzene rings is 1. The molecule has 100 valence electrons. The van der Waals surface area contributed by atoms with E-state index in [1.54, 1.807) is 0 Å². The van der Waals surface area contributed by atoms with Gasteiger partial charge in [-0.05, 0) is 49.4 Å². The molecule has 0 heterocycles. The molecule has 2 rings (SSSR count). The van der Waals surface area contributed by atoms with Crippen molar-refractivity contribution in [2.45, 2.75) is 25.8 Å². The van der Waals surface area contributed by atoms with Gasteiger partial charge in [-0.25, -0.2) is 0 Å². The molecular weight excluding hydrogens is 269 g/mol. The van der Waals surface area contributed by atoms with Crippen LogP contribution in [0.15, 0.2) is 18.2 Å². The van der Waals surface area contributed by atoms with Gasteiger partial charge in [0.15, 0.2) is 0 Å². The van der Waals surface area contributed by atoms with Gasteiger partial charge in [-0.2, -0.15) is 0 Å². The molecule has 0 saturated heterocycles. The third kappa shape index (κ3) is 5.15. The summed E-state index contributed by atoms with van der Waals surface area (Å²) < 4.78 is 5.57. The van der Waals surface area contributed by atoms with E-state index in [-0.39, 0.29) is 0 Å². The van der Waals surface area contributed by atoms with Gasteiger partial charge in [0.2, 0.25) is 0 Å². The number of hydrogen-bond acceptors (Lipinski definition) is 2. The lowest BCUT2D eigenvalue weighted by atomic mass is 10.2. The van der Waals surface area contributed by atoms with Crippen LogP contribution in [0, 0.1) is 5.92 Å². The van der Waals surface area contributed by atoms with Crippen LogP contribution in [-0.2, 0) is 11.3 Å². The van der Waals surface area contributed by atoms with E-state index in [2.05, 4.69) is 5.32 Å². The molecule has 1 aromatic carbocycles. The molecule has 0 radical (unpaired) electrons. The molecule has 1 aliphatic carbocycles. The fraction of sp³-hybridized carbons (Fsp3) is 0.571. The predicted octanol–water partition coefficient (Wildman–Crippen LogP) is 3.90. The minimum absolute atomic E-state index is 0.605. The average molecular weight is 288 g/mol. The average Bonchev–Trinajstić information content (AvgIpc) is 3.16. The van der Waals surface area contributed by atoms with Crippen molar-refractivity contribution in [1.82, 2.24) is 5.32 Å². The van der Waals surface area contributed by atoms with Crippen LogP contribution in [0.2, 0.25) is 10.0 Å². The molecule has 0 unspecified atom stereocenters. The summed E-state index contributed by atoms with van der Waals surface area (Å²) in [5.41, 5.74) is 1.16. The van der Waals surface area contributed by atoms with Crippen molar-refractivity contribution >= 4 is 23.2 Å². The Morgan fingerprint density at radius 2 is 2.06 bits per heavy atom. The second-order valence-electron chi connectivity index (χ2n) is 4.80. The van der Waals surface area contributed by atoms with E-state index in [1.807, 2.05) is 18.2 Å². The first-order chi connectivity index (χ1) is 8.75. The lowest BCUT2D eigenvalue weighted by Gasteiger charge is -2.06. The maximum Gasteiger partial charge on any atom is 0.0595 e. The molecule has 1 fully saturated rings. The van der Waals surface area contributed by atoms with Gasteiger partial charge >= 0.3 is 0 Å². The predicted molar refractivity (Wildman–Crippen MR) is 76.3 cm³/mol. The van der Waals surface area contributed by atoms with E-state index in [9.17, 15) is 0 Å². The third-order valence-corrected chi connectivity index (χ3v) is 3.74. The van der Waals surface area contributed by atoms with Crippen LogP contribution in [0.1, 0.15) is 24.8 Å². The van der Waals surface area contributed by atoms with Crippen molar-refractivity contribution in [3.8, 4) is 0 Å². The topological polar surface area (TPSA) is 21.3 Å². The first kappa shape index (κ1) is 14.1. The molecule has 0 amide bonds. The van der Waals surface area contributed by atoms with Crippen molar-refractivity contribution in [3.63, 3.8) is 0 Å². The van der Waals surface area contributed by atoms with E-state index in [0.29, 0.717) is 10.0 Å². The van der Waals surface area contributed by atoms with Crippen LogP contribution in [0.25, 0.3) is 0 Å². The SMILES string of the molecule is Clc1ccc(CNCCCOCC2CC2)cc1Cl. The number of halogens is 2. The van der Waals surface area contributed by atoms with E-state index >= 15 is 0 Å². The second-order valence-corrected chi connectivity index (χ2v) is 5.61. The van der Waals surface area contributed by atoms with Crippen molar-refractivity contribution in [3.05, 3.63) is 33.8 Å².